The van der Waals surface area contributed by atoms with Gasteiger partial charge in [-0.2, -0.15) is 0 Å². The van der Waals surface area contributed by atoms with Crippen LogP contribution < -0.4 is 5.56 Å². The highest BCUT2D eigenvalue weighted by Crippen LogP contribution is 2.21. The normalized spacial score (nSPS) is 11.1. The molecule has 0 bridgehead atoms. The predicted octanol–water partition coefficient (Wildman–Crippen LogP) is 2.29. The number of nitrogens with one attached hydrogen (secondary N) is 1. The van der Waals surface area contributed by atoms with E-state index in [-0.39, 0.29) is 12.3 Å². The second-order valence-corrected chi connectivity index (χ2v) is 4.91. The Kier molecular flexibility index (Phi) is 3.22. The molecular weight excluding hydrogens is 244 g/mol. The number of ether oxygens (including phenoxy) is 1. The Morgan fingerprint density at radius 3 is 3.00 bits per heavy atom. The molecule has 0 aliphatic heterocycles. The molecule has 0 spiro atoms. The van der Waals surface area contributed by atoms with Crippen molar-refractivity contribution in [3.05, 3.63) is 26.1 Å². The molecular formula is C10H12N2O2S2. The molecule has 0 aliphatic rings. The van der Waals surface area contributed by atoms with Gasteiger partial charge in [0.25, 0.3) is 5.56 Å². The number of aromatic amines is 1. The molecule has 4 nitrogen and oxygen atoms in total. The molecule has 0 radical (unpaired) electrons. The maximum atomic E-state index is 12.1. The van der Waals surface area contributed by atoms with Gasteiger partial charge < -0.3 is 9.72 Å². The number of hydrogen-bond acceptors (Lipinski definition) is 4. The van der Waals surface area contributed by atoms with Gasteiger partial charge in [0.1, 0.15) is 11.6 Å². The highest BCUT2D eigenvalue weighted by Gasteiger charge is 2.08. The van der Waals surface area contributed by atoms with Gasteiger partial charge in [0.2, 0.25) is 0 Å². The van der Waals surface area contributed by atoms with Crippen LogP contribution in [0, 0.1) is 4.77 Å². The summed E-state index contributed by atoms with van der Waals surface area (Å²) >= 11 is 6.69. The fourth-order valence-electron chi connectivity index (χ4n) is 1.52. The van der Waals surface area contributed by atoms with Crippen molar-refractivity contribution in [3.63, 3.8) is 0 Å². The van der Waals surface area contributed by atoms with Gasteiger partial charge >= 0.3 is 0 Å². The van der Waals surface area contributed by atoms with Gasteiger partial charge in [0, 0.05) is 12.0 Å². The number of aryl methyl sites for hydroxylation is 1. The molecule has 0 aliphatic carbocycles. The van der Waals surface area contributed by atoms with Crippen LogP contribution in [0.25, 0.3) is 10.2 Å². The van der Waals surface area contributed by atoms with Gasteiger partial charge in [-0.05, 0) is 24.7 Å². The van der Waals surface area contributed by atoms with Gasteiger partial charge in [-0.25, -0.2) is 0 Å². The average molecular weight is 256 g/mol. The fourth-order valence-corrected chi connectivity index (χ4v) is 2.81. The summed E-state index contributed by atoms with van der Waals surface area (Å²) < 4.78 is 6.78. The Hall–Kier alpha value is -0.980. The number of H-pyrrole nitrogens is 1. The molecule has 0 amide bonds. The number of hydrogen-bond donors (Lipinski definition) is 1. The smallest absolute Gasteiger partial charge is 0.264 e. The summed E-state index contributed by atoms with van der Waals surface area (Å²) in [7, 11) is 1.54. The van der Waals surface area contributed by atoms with Crippen molar-refractivity contribution in [3.8, 4) is 0 Å². The molecule has 0 unspecified atom stereocenters. The monoisotopic (exact) mass is 256 g/mol. The molecule has 2 aromatic rings. The first-order valence-corrected chi connectivity index (χ1v) is 6.14. The molecule has 0 saturated carbocycles. The molecule has 1 N–H and O–H groups in total. The second-order valence-electron chi connectivity index (χ2n) is 3.39. The summed E-state index contributed by atoms with van der Waals surface area (Å²) in [6.07, 6.45) is 0.920. The Labute approximate surface area is 101 Å². The van der Waals surface area contributed by atoms with Gasteiger partial charge in [-0.15, -0.1) is 11.3 Å². The lowest BCUT2D eigenvalue weighted by molar-refractivity contribution is 0.126. The van der Waals surface area contributed by atoms with Crippen LogP contribution in [0.2, 0.25) is 0 Å². The van der Waals surface area contributed by atoms with Crippen molar-refractivity contribution in [2.75, 3.05) is 7.11 Å². The van der Waals surface area contributed by atoms with Gasteiger partial charge in [0.05, 0.1) is 5.39 Å². The molecule has 86 valence electrons. The third-order valence-electron chi connectivity index (χ3n) is 2.33. The largest absolute Gasteiger partial charge is 0.364 e. The summed E-state index contributed by atoms with van der Waals surface area (Å²) in [5.74, 6) is 0. The molecule has 0 saturated heterocycles. The van der Waals surface area contributed by atoms with Gasteiger partial charge in [-0.3, -0.25) is 9.36 Å². The van der Waals surface area contributed by atoms with Crippen LogP contribution in [0.4, 0.5) is 0 Å². The highest BCUT2D eigenvalue weighted by molar-refractivity contribution is 7.71. The lowest BCUT2D eigenvalue weighted by Crippen LogP contribution is -2.22. The number of methoxy groups -OCH3 is 1. The maximum absolute atomic E-state index is 12.1. The fraction of sp³-hybridized carbons (Fsp3) is 0.400. The van der Waals surface area contributed by atoms with Crippen LogP contribution in [0.3, 0.4) is 0 Å². The number of thiophene rings is 1. The minimum atomic E-state index is -0.0865. The van der Waals surface area contributed by atoms with E-state index in [1.54, 1.807) is 11.3 Å². The van der Waals surface area contributed by atoms with E-state index in [1.807, 2.05) is 6.07 Å². The first kappa shape index (κ1) is 11.5. The summed E-state index contributed by atoms with van der Waals surface area (Å²) in [5.41, 5.74) is -0.0865. The maximum Gasteiger partial charge on any atom is 0.264 e. The minimum absolute atomic E-state index is 0.0865. The van der Waals surface area contributed by atoms with E-state index in [1.165, 1.54) is 16.6 Å². The van der Waals surface area contributed by atoms with E-state index in [0.717, 1.165) is 11.3 Å². The molecule has 2 heterocycles. The number of rotatable bonds is 3. The first-order valence-electron chi connectivity index (χ1n) is 4.91. The topological polar surface area (TPSA) is 47.0 Å². The molecule has 6 heteroatoms. The van der Waals surface area contributed by atoms with Crippen molar-refractivity contribution in [2.24, 2.45) is 0 Å². The predicted molar refractivity (Wildman–Crippen MR) is 67.7 cm³/mol. The lowest BCUT2D eigenvalue weighted by Gasteiger charge is -2.03. The zero-order chi connectivity index (χ0) is 11.7. The third-order valence-corrected chi connectivity index (χ3v) is 3.85. The SMILES string of the molecule is CCc1cc2c(=O)n(COC)c(=S)[nH]c2s1. The van der Waals surface area contributed by atoms with E-state index < -0.39 is 0 Å². The number of fused-ring (bicyclic) bond motifs is 1. The minimum Gasteiger partial charge on any atom is -0.364 e. The van der Waals surface area contributed by atoms with E-state index in [0.29, 0.717) is 10.2 Å². The van der Waals surface area contributed by atoms with E-state index >= 15 is 0 Å². The van der Waals surface area contributed by atoms with E-state index in [2.05, 4.69) is 11.9 Å². The van der Waals surface area contributed by atoms with Crippen LogP contribution in [0.15, 0.2) is 10.9 Å². The molecule has 0 atom stereocenters. The van der Waals surface area contributed by atoms with Crippen LogP contribution >= 0.6 is 23.6 Å². The zero-order valence-corrected chi connectivity index (χ0v) is 10.7. The summed E-state index contributed by atoms with van der Waals surface area (Å²) in [6.45, 7) is 2.24. The first-order chi connectivity index (χ1) is 7.67. The highest BCUT2D eigenvalue weighted by atomic mass is 32.1. The Morgan fingerprint density at radius 2 is 2.38 bits per heavy atom. The van der Waals surface area contributed by atoms with Crippen molar-refractivity contribution in [2.45, 2.75) is 20.1 Å². The van der Waals surface area contributed by atoms with Crippen molar-refractivity contribution < 1.29 is 4.74 Å². The molecule has 0 aromatic carbocycles. The molecule has 16 heavy (non-hydrogen) atoms. The average Bonchev–Trinajstić information content (AvgIpc) is 2.67. The van der Waals surface area contributed by atoms with Crippen LogP contribution in [-0.2, 0) is 17.9 Å². The zero-order valence-electron chi connectivity index (χ0n) is 9.07. The van der Waals surface area contributed by atoms with Crippen LogP contribution in [0.1, 0.15) is 11.8 Å². The van der Waals surface area contributed by atoms with Crippen LogP contribution in [-0.4, -0.2) is 16.7 Å². The summed E-state index contributed by atoms with van der Waals surface area (Å²) in [5, 5.41) is 0.688. The Bertz CT molecular complexity index is 624. The van der Waals surface area contributed by atoms with Gasteiger partial charge in [0.15, 0.2) is 4.77 Å². The lowest BCUT2D eigenvalue weighted by atomic mass is 10.3. The van der Waals surface area contributed by atoms with Crippen LogP contribution in [0.5, 0.6) is 0 Å². The van der Waals surface area contributed by atoms with Crippen molar-refractivity contribution >= 4 is 33.8 Å². The Morgan fingerprint density at radius 1 is 1.62 bits per heavy atom. The quantitative estimate of drug-likeness (QED) is 0.857. The standard InChI is InChI=1S/C10H12N2O2S2/c1-3-6-4-7-8(16-6)11-10(15)12(5-14-2)9(7)13/h4H,3,5H2,1-2H3,(H,11,15). The van der Waals surface area contributed by atoms with E-state index in [4.69, 9.17) is 17.0 Å². The third kappa shape index (κ3) is 1.83. The van der Waals surface area contributed by atoms with E-state index in [9.17, 15) is 4.79 Å². The number of nitrogens with zero attached hydrogens (tertiary/aromatic N) is 1. The number of aromatic nitrogens is 2. The van der Waals surface area contributed by atoms with Crippen molar-refractivity contribution in [1.29, 1.82) is 0 Å². The molecule has 2 aromatic heterocycles. The second kappa shape index (κ2) is 4.48. The molecule has 2 rings (SSSR count). The van der Waals surface area contributed by atoms with Crippen molar-refractivity contribution in [1.82, 2.24) is 9.55 Å². The molecule has 0 fully saturated rings. The summed E-state index contributed by atoms with van der Waals surface area (Å²) in [6, 6.07) is 1.92. The summed E-state index contributed by atoms with van der Waals surface area (Å²) in [4.78, 5) is 17.1. The van der Waals surface area contributed by atoms with Gasteiger partial charge in [-0.1, -0.05) is 6.92 Å². The Balaban J connectivity index is 2.76.